The summed E-state index contributed by atoms with van der Waals surface area (Å²) in [5, 5.41) is 0. The van der Waals surface area contributed by atoms with Crippen LogP contribution in [0.15, 0.2) is 67.3 Å². The fraction of sp³-hybridized carbons (Fsp3) is 0.158. The highest BCUT2D eigenvalue weighted by atomic mass is 16.5. The summed E-state index contributed by atoms with van der Waals surface area (Å²) in [5.74, 6) is 0.853. The van der Waals surface area contributed by atoms with Gasteiger partial charge in [-0.25, -0.2) is 0 Å². The molecule has 0 radical (unpaired) electrons. The maximum Gasteiger partial charge on any atom is 0.121 e. The van der Waals surface area contributed by atoms with Crippen LogP contribution < -0.4 is 4.74 Å². The van der Waals surface area contributed by atoms with Gasteiger partial charge in [-0.1, -0.05) is 61.2 Å². The van der Waals surface area contributed by atoms with Gasteiger partial charge in [-0.15, -0.1) is 0 Å². The first-order valence-electron chi connectivity index (χ1n) is 6.75. The summed E-state index contributed by atoms with van der Waals surface area (Å²) in [7, 11) is 0. The van der Waals surface area contributed by atoms with E-state index in [1.165, 1.54) is 5.56 Å². The third kappa shape index (κ3) is 4.13. The van der Waals surface area contributed by atoms with Crippen LogP contribution in [-0.4, -0.2) is 5.60 Å². The standard InChI is InChI=1S/C19H20O/c1-4-19(2,3)20-18-14-12-17(13-15-18)11-10-16-8-6-5-7-9-16/h4-15H,1H2,2-3H3/b11-10+. The molecule has 0 aliphatic heterocycles. The molecule has 0 N–H and O–H groups in total. The Labute approximate surface area is 121 Å². The minimum absolute atomic E-state index is 0.346. The van der Waals surface area contributed by atoms with Gasteiger partial charge < -0.3 is 4.74 Å². The Bertz CT molecular complexity index is 577. The van der Waals surface area contributed by atoms with Crippen LogP contribution in [-0.2, 0) is 0 Å². The predicted octanol–water partition coefficient (Wildman–Crippen LogP) is 5.20. The van der Waals surface area contributed by atoms with Gasteiger partial charge in [0.05, 0.1) is 0 Å². The quantitative estimate of drug-likeness (QED) is 0.532. The van der Waals surface area contributed by atoms with Gasteiger partial charge in [0.2, 0.25) is 0 Å². The van der Waals surface area contributed by atoms with Crippen molar-refractivity contribution in [1.29, 1.82) is 0 Å². The molecule has 1 nitrogen and oxygen atoms in total. The number of hydrogen-bond acceptors (Lipinski definition) is 1. The van der Waals surface area contributed by atoms with Crippen LogP contribution in [0.4, 0.5) is 0 Å². The van der Waals surface area contributed by atoms with Crippen molar-refractivity contribution in [2.75, 3.05) is 0 Å². The van der Waals surface area contributed by atoms with Gasteiger partial charge in [-0.05, 0) is 43.2 Å². The van der Waals surface area contributed by atoms with Crippen LogP contribution in [0, 0.1) is 0 Å². The third-order valence-corrected chi connectivity index (χ3v) is 3.02. The van der Waals surface area contributed by atoms with Crippen molar-refractivity contribution in [3.63, 3.8) is 0 Å². The molecule has 0 aromatic heterocycles. The van der Waals surface area contributed by atoms with E-state index >= 15 is 0 Å². The molecule has 0 aliphatic carbocycles. The average molecular weight is 264 g/mol. The molecule has 2 aromatic rings. The molecular formula is C19H20O. The molecule has 0 heterocycles. The lowest BCUT2D eigenvalue weighted by molar-refractivity contribution is 0.162. The maximum atomic E-state index is 5.83. The van der Waals surface area contributed by atoms with E-state index in [1.807, 2.05) is 56.3 Å². The van der Waals surface area contributed by atoms with E-state index < -0.39 is 0 Å². The average Bonchev–Trinajstić information content (AvgIpc) is 2.47. The molecule has 2 rings (SSSR count). The van der Waals surface area contributed by atoms with Crippen LogP contribution >= 0.6 is 0 Å². The number of rotatable bonds is 5. The molecule has 0 amide bonds. The van der Waals surface area contributed by atoms with Gasteiger partial charge in [-0.2, -0.15) is 0 Å². The number of benzene rings is 2. The lowest BCUT2D eigenvalue weighted by atomic mass is 10.1. The first-order valence-corrected chi connectivity index (χ1v) is 6.75. The smallest absolute Gasteiger partial charge is 0.121 e. The van der Waals surface area contributed by atoms with Crippen LogP contribution in [0.1, 0.15) is 25.0 Å². The number of ether oxygens (including phenoxy) is 1. The lowest BCUT2D eigenvalue weighted by Crippen LogP contribution is -2.24. The SMILES string of the molecule is C=CC(C)(C)Oc1ccc(/C=C/c2ccccc2)cc1. The summed E-state index contributed by atoms with van der Waals surface area (Å²) in [5.41, 5.74) is 2.00. The summed E-state index contributed by atoms with van der Waals surface area (Å²) in [6.07, 6.45) is 6.00. The lowest BCUT2D eigenvalue weighted by Gasteiger charge is -2.22. The molecule has 0 spiro atoms. The van der Waals surface area contributed by atoms with Crippen LogP contribution in [0.5, 0.6) is 5.75 Å². The van der Waals surface area contributed by atoms with Gasteiger partial charge in [0.25, 0.3) is 0 Å². The summed E-state index contributed by atoms with van der Waals surface area (Å²) in [4.78, 5) is 0. The summed E-state index contributed by atoms with van der Waals surface area (Å²) < 4.78 is 5.83. The molecule has 1 heteroatoms. The zero-order valence-electron chi connectivity index (χ0n) is 12.0. The van der Waals surface area contributed by atoms with Crippen molar-refractivity contribution in [3.8, 4) is 5.75 Å². The monoisotopic (exact) mass is 264 g/mol. The van der Waals surface area contributed by atoms with Gasteiger partial charge in [0, 0.05) is 0 Å². The van der Waals surface area contributed by atoms with E-state index in [1.54, 1.807) is 6.08 Å². The Hall–Kier alpha value is -2.28. The zero-order valence-corrected chi connectivity index (χ0v) is 12.0. The Balaban J connectivity index is 2.05. The minimum Gasteiger partial charge on any atom is -0.484 e. The summed E-state index contributed by atoms with van der Waals surface area (Å²) in [6, 6.07) is 18.3. The molecule has 0 saturated heterocycles. The molecule has 0 bridgehead atoms. The highest BCUT2D eigenvalue weighted by Gasteiger charge is 2.13. The minimum atomic E-state index is -0.346. The zero-order chi connectivity index (χ0) is 14.4. The van der Waals surface area contributed by atoms with Crippen LogP contribution in [0.2, 0.25) is 0 Å². The van der Waals surface area contributed by atoms with E-state index in [9.17, 15) is 0 Å². The van der Waals surface area contributed by atoms with Gasteiger partial charge in [0.15, 0.2) is 0 Å². The molecule has 0 aliphatic rings. The highest BCUT2D eigenvalue weighted by Crippen LogP contribution is 2.20. The Morgan fingerprint density at radius 1 is 0.850 bits per heavy atom. The summed E-state index contributed by atoms with van der Waals surface area (Å²) >= 11 is 0. The molecule has 102 valence electrons. The van der Waals surface area contributed by atoms with Crippen molar-refractivity contribution in [2.24, 2.45) is 0 Å². The van der Waals surface area contributed by atoms with E-state index in [2.05, 4.69) is 30.9 Å². The van der Waals surface area contributed by atoms with Crippen LogP contribution in [0.25, 0.3) is 12.2 Å². The molecule has 2 aromatic carbocycles. The number of hydrogen-bond donors (Lipinski definition) is 0. The van der Waals surface area contributed by atoms with Crippen molar-refractivity contribution in [3.05, 3.63) is 78.4 Å². The van der Waals surface area contributed by atoms with Gasteiger partial charge in [0.1, 0.15) is 11.4 Å². The molecular weight excluding hydrogens is 244 g/mol. The van der Waals surface area contributed by atoms with E-state index in [0.717, 1.165) is 11.3 Å². The Morgan fingerprint density at radius 3 is 1.95 bits per heavy atom. The fourth-order valence-electron chi connectivity index (χ4n) is 1.75. The maximum absolute atomic E-state index is 5.83. The molecule has 0 fully saturated rings. The third-order valence-electron chi connectivity index (χ3n) is 3.02. The second-order valence-corrected chi connectivity index (χ2v) is 5.22. The predicted molar refractivity (Wildman–Crippen MR) is 86.7 cm³/mol. The van der Waals surface area contributed by atoms with Crippen molar-refractivity contribution in [2.45, 2.75) is 19.4 Å². The van der Waals surface area contributed by atoms with Crippen molar-refractivity contribution >= 4 is 12.2 Å². The fourth-order valence-corrected chi connectivity index (χ4v) is 1.75. The molecule has 20 heavy (non-hydrogen) atoms. The Morgan fingerprint density at radius 2 is 1.40 bits per heavy atom. The Kier molecular flexibility index (Phi) is 4.41. The normalized spacial score (nSPS) is 11.5. The van der Waals surface area contributed by atoms with E-state index in [0.29, 0.717) is 0 Å². The second kappa shape index (κ2) is 6.25. The van der Waals surface area contributed by atoms with Crippen molar-refractivity contribution in [1.82, 2.24) is 0 Å². The highest BCUT2D eigenvalue weighted by molar-refractivity contribution is 5.69. The largest absolute Gasteiger partial charge is 0.484 e. The van der Waals surface area contributed by atoms with Crippen LogP contribution in [0.3, 0.4) is 0 Å². The topological polar surface area (TPSA) is 9.23 Å². The van der Waals surface area contributed by atoms with E-state index in [-0.39, 0.29) is 5.60 Å². The molecule has 0 saturated carbocycles. The van der Waals surface area contributed by atoms with Crippen molar-refractivity contribution < 1.29 is 4.74 Å². The molecule has 0 atom stereocenters. The van der Waals surface area contributed by atoms with Gasteiger partial charge >= 0.3 is 0 Å². The van der Waals surface area contributed by atoms with Gasteiger partial charge in [-0.3, -0.25) is 0 Å². The summed E-state index contributed by atoms with van der Waals surface area (Å²) in [6.45, 7) is 7.75. The second-order valence-electron chi connectivity index (χ2n) is 5.22. The van der Waals surface area contributed by atoms with E-state index in [4.69, 9.17) is 4.74 Å². The molecule has 0 unspecified atom stereocenters. The first-order chi connectivity index (χ1) is 9.59. The first kappa shape index (κ1) is 14.1.